The summed E-state index contributed by atoms with van der Waals surface area (Å²) in [5.74, 6) is -0.0821. The van der Waals surface area contributed by atoms with Crippen molar-refractivity contribution in [2.24, 2.45) is 10.9 Å². The van der Waals surface area contributed by atoms with Gasteiger partial charge >= 0.3 is 0 Å². The summed E-state index contributed by atoms with van der Waals surface area (Å²) in [4.78, 5) is 4.25. The minimum atomic E-state index is -0.554. The lowest BCUT2D eigenvalue weighted by Crippen LogP contribution is -2.42. The van der Waals surface area contributed by atoms with Gasteiger partial charge in [0.25, 0.3) is 0 Å². The molecular formula is C23H30F2IN3O. The van der Waals surface area contributed by atoms with Gasteiger partial charge in [-0.3, -0.25) is 4.99 Å². The average molecular weight is 529 g/mol. The number of aryl methyl sites for hydroxylation is 1. The molecule has 2 aromatic carbocycles. The monoisotopic (exact) mass is 529 g/mol. The molecule has 1 saturated heterocycles. The standard InChI is InChI=1S/C23H29F2N3O.HI/c1-16-5-7-18(8-6-16)22-19(4-3-11-29-22)15-28-23(26-2)27-10-9-17-12-20(24)14-21(25)13-17;/h5-8,12-14,19,22H,3-4,9-11,15H2,1-2H3,(H2,26,27,28);1H. The zero-order valence-corrected chi connectivity index (χ0v) is 19.8. The second-order valence-electron chi connectivity index (χ2n) is 7.51. The van der Waals surface area contributed by atoms with Crippen LogP contribution in [0.25, 0.3) is 0 Å². The quantitative estimate of drug-likeness (QED) is 0.322. The smallest absolute Gasteiger partial charge is 0.190 e. The maximum atomic E-state index is 13.3. The molecule has 0 aromatic heterocycles. The van der Waals surface area contributed by atoms with E-state index in [1.54, 1.807) is 7.05 Å². The van der Waals surface area contributed by atoms with Gasteiger partial charge in [0.1, 0.15) is 11.6 Å². The summed E-state index contributed by atoms with van der Waals surface area (Å²) < 4.78 is 32.7. The Hall–Kier alpha value is -1.74. The number of nitrogens with one attached hydrogen (secondary N) is 2. The fraction of sp³-hybridized carbons (Fsp3) is 0.435. The van der Waals surface area contributed by atoms with Crippen molar-refractivity contribution >= 4 is 29.9 Å². The predicted octanol–water partition coefficient (Wildman–Crippen LogP) is 4.77. The summed E-state index contributed by atoms with van der Waals surface area (Å²) in [6.07, 6.45) is 2.72. The first-order chi connectivity index (χ1) is 14.0. The van der Waals surface area contributed by atoms with Crippen LogP contribution in [0.15, 0.2) is 47.5 Å². The molecule has 0 radical (unpaired) electrons. The van der Waals surface area contributed by atoms with Crippen molar-refractivity contribution in [3.63, 3.8) is 0 Å². The van der Waals surface area contributed by atoms with Gasteiger partial charge in [-0.1, -0.05) is 29.8 Å². The molecule has 0 bridgehead atoms. The summed E-state index contributed by atoms with van der Waals surface area (Å²) >= 11 is 0. The van der Waals surface area contributed by atoms with Crippen molar-refractivity contribution in [2.75, 3.05) is 26.7 Å². The summed E-state index contributed by atoms with van der Waals surface area (Å²) in [5.41, 5.74) is 3.06. The number of hydrogen-bond donors (Lipinski definition) is 2. The minimum Gasteiger partial charge on any atom is -0.373 e. The molecule has 3 rings (SSSR count). The molecule has 30 heavy (non-hydrogen) atoms. The summed E-state index contributed by atoms with van der Waals surface area (Å²) in [6.45, 7) is 4.14. The first kappa shape index (κ1) is 24.5. The molecule has 0 saturated carbocycles. The van der Waals surface area contributed by atoms with E-state index < -0.39 is 11.6 Å². The third-order valence-corrected chi connectivity index (χ3v) is 5.23. The van der Waals surface area contributed by atoms with Gasteiger partial charge in [-0.25, -0.2) is 8.78 Å². The fourth-order valence-corrected chi connectivity index (χ4v) is 3.71. The Morgan fingerprint density at radius 3 is 2.47 bits per heavy atom. The maximum Gasteiger partial charge on any atom is 0.190 e. The van der Waals surface area contributed by atoms with E-state index in [9.17, 15) is 8.78 Å². The Morgan fingerprint density at radius 2 is 1.80 bits per heavy atom. The Labute approximate surface area is 194 Å². The summed E-state index contributed by atoms with van der Waals surface area (Å²) in [6, 6.07) is 12.1. The number of guanidine groups is 1. The number of rotatable bonds is 6. The summed E-state index contributed by atoms with van der Waals surface area (Å²) in [5, 5.41) is 6.58. The van der Waals surface area contributed by atoms with Crippen LogP contribution in [0.5, 0.6) is 0 Å². The van der Waals surface area contributed by atoms with Crippen molar-refractivity contribution in [3.05, 3.63) is 70.8 Å². The molecular weight excluding hydrogens is 499 g/mol. The molecule has 2 N–H and O–H groups in total. The SMILES string of the molecule is CN=C(NCCc1cc(F)cc(F)c1)NCC1CCCOC1c1ccc(C)cc1.I. The minimum absolute atomic E-state index is 0. The Bertz CT molecular complexity index is 809. The van der Waals surface area contributed by atoms with Gasteiger partial charge < -0.3 is 15.4 Å². The highest BCUT2D eigenvalue weighted by Crippen LogP contribution is 2.33. The largest absolute Gasteiger partial charge is 0.373 e. The molecule has 1 heterocycles. The molecule has 0 spiro atoms. The third kappa shape index (κ3) is 7.19. The van der Waals surface area contributed by atoms with Gasteiger partial charge in [0, 0.05) is 38.7 Å². The van der Waals surface area contributed by atoms with Crippen LogP contribution in [0.1, 0.15) is 35.6 Å². The highest BCUT2D eigenvalue weighted by atomic mass is 127. The van der Waals surface area contributed by atoms with Gasteiger partial charge in [0.05, 0.1) is 6.10 Å². The van der Waals surface area contributed by atoms with Crippen LogP contribution in [0.4, 0.5) is 8.78 Å². The van der Waals surface area contributed by atoms with E-state index >= 15 is 0 Å². The lowest BCUT2D eigenvalue weighted by Gasteiger charge is -2.32. The van der Waals surface area contributed by atoms with Crippen LogP contribution in [-0.4, -0.2) is 32.7 Å². The third-order valence-electron chi connectivity index (χ3n) is 5.23. The van der Waals surface area contributed by atoms with Crippen LogP contribution < -0.4 is 10.6 Å². The van der Waals surface area contributed by atoms with E-state index in [-0.39, 0.29) is 30.1 Å². The van der Waals surface area contributed by atoms with E-state index in [2.05, 4.69) is 46.8 Å². The normalized spacial score (nSPS) is 19.1. The second-order valence-corrected chi connectivity index (χ2v) is 7.51. The Kier molecular flexibility index (Phi) is 9.97. The average Bonchev–Trinajstić information content (AvgIpc) is 2.71. The van der Waals surface area contributed by atoms with E-state index in [1.807, 2.05) is 0 Å². The molecule has 4 nitrogen and oxygen atoms in total. The van der Waals surface area contributed by atoms with Crippen molar-refractivity contribution < 1.29 is 13.5 Å². The van der Waals surface area contributed by atoms with Crippen LogP contribution in [-0.2, 0) is 11.2 Å². The van der Waals surface area contributed by atoms with Crippen LogP contribution in [0.2, 0.25) is 0 Å². The van der Waals surface area contributed by atoms with Gasteiger partial charge in [-0.2, -0.15) is 0 Å². The number of nitrogens with zero attached hydrogens (tertiary/aromatic N) is 1. The van der Waals surface area contributed by atoms with Crippen molar-refractivity contribution in [3.8, 4) is 0 Å². The molecule has 1 aliphatic rings. The second kappa shape index (κ2) is 12.2. The van der Waals surface area contributed by atoms with E-state index in [1.165, 1.54) is 23.3 Å². The number of aliphatic imine (C=N–C) groups is 1. The van der Waals surface area contributed by atoms with Gasteiger partial charge in [-0.05, 0) is 49.4 Å². The number of hydrogen-bond acceptors (Lipinski definition) is 2. The van der Waals surface area contributed by atoms with Crippen LogP contribution in [0, 0.1) is 24.5 Å². The first-order valence-corrected chi connectivity index (χ1v) is 10.1. The van der Waals surface area contributed by atoms with E-state index in [0.717, 1.165) is 32.1 Å². The predicted molar refractivity (Wildman–Crippen MR) is 127 cm³/mol. The van der Waals surface area contributed by atoms with Crippen molar-refractivity contribution in [1.82, 2.24) is 10.6 Å². The first-order valence-electron chi connectivity index (χ1n) is 10.1. The molecule has 2 unspecified atom stereocenters. The van der Waals surface area contributed by atoms with Crippen molar-refractivity contribution in [2.45, 2.75) is 32.3 Å². The number of halogens is 3. The highest BCUT2D eigenvalue weighted by Gasteiger charge is 2.27. The number of benzene rings is 2. The molecule has 7 heteroatoms. The topological polar surface area (TPSA) is 45.7 Å². The molecule has 2 atom stereocenters. The lowest BCUT2D eigenvalue weighted by atomic mass is 9.89. The highest BCUT2D eigenvalue weighted by molar-refractivity contribution is 14.0. The molecule has 1 aliphatic heterocycles. The van der Waals surface area contributed by atoms with Gasteiger partial charge in [0.15, 0.2) is 5.96 Å². The van der Waals surface area contributed by atoms with E-state index in [4.69, 9.17) is 4.74 Å². The van der Waals surface area contributed by atoms with E-state index in [0.29, 0.717) is 30.4 Å². The maximum absolute atomic E-state index is 13.3. The molecule has 1 fully saturated rings. The summed E-state index contributed by atoms with van der Waals surface area (Å²) in [7, 11) is 1.71. The number of ether oxygens (including phenoxy) is 1. The van der Waals surface area contributed by atoms with Crippen LogP contribution in [0.3, 0.4) is 0 Å². The fourth-order valence-electron chi connectivity index (χ4n) is 3.71. The van der Waals surface area contributed by atoms with Crippen molar-refractivity contribution in [1.29, 1.82) is 0 Å². The molecule has 0 aliphatic carbocycles. The zero-order valence-electron chi connectivity index (χ0n) is 17.5. The van der Waals surface area contributed by atoms with Gasteiger partial charge in [0.2, 0.25) is 0 Å². The van der Waals surface area contributed by atoms with Crippen LogP contribution >= 0.6 is 24.0 Å². The Balaban J connectivity index is 0.00000320. The molecule has 2 aromatic rings. The zero-order chi connectivity index (χ0) is 20.6. The lowest BCUT2D eigenvalue weighted by molar-refractivity contribution is -0.0265. The van der Waals surface area contributed by atoms with Gasteiger partial charge in [-0.15, -0.1) is 24.0 Å². The molecule has 164 valence electrons. The molecule has 0 amide bonds. The Morgan fingerprint density at radius 1 is 1.10 bits per heavy atom.